The van der Waals surface area contributed by atoms with Crippen LogP contribution in [0.4, 0.5) is 0 Å². The van der Waals surface area contributed by atoms with Crippen LogP contribution in [0, 0.1) is 5.92 Å². The fraction of sp³-hybridized carbons (Fsp3) is 0.385. The van der Waals surface area contributed by atoms with E-state index in [1.807, 2.05) is 18.3 Å². The van der Waals surface area contributed by atoms with Crippen molar-refractivity contribution in [2.45, 2.75) is 26.7 Å². The van der Waals surface area contributed by atoms with Crippen molar-refractivity contribution in [3.63, 3.8) is 0 Å². The molecule has 90 valence electrons. The third-order valence-electron chi connectivity index (χ3n) is 2.93. The van der Waals surface area contributed by atoms with Gasteiger partial charge in [-0.05, 0) is 39.9 Å². The van der Waals surface area contributed by atoms with Crippen molar-refractivity contribution in [3.05, 3.63) is 34.0 Å². The Bertz CT molecular complexity index is 493. The molecule has 2 aromatic heterocycles. The van der Waals surface area contributed by atoms with E-state index in [2.05, 4.69) is 46.7 Å². The van der Waals surface area contributed by atoms with Crippen molar-refractivity contribution in [1.29, 1.82) is 0 Å². The van der Waals surface area contributed by atoms with Crippen molar-refractivity contribution in [2.24, 2.45) is 5.92 Å². The minimum Gasteiger partial charge on any atom is -0.264 e. The number of hydrogen-bond donors (Lipinski definition) is 0. The third kappa shape index (κ3) is 2.75. The van der Waals surface area contributed by atoms with Gasteiger partial charge in [0.2, 0.25) is 0 Å². The second-order valence-corrected chi connectivity index (χ2v) is 6.23. The van der Waals surface area contributed by atoms with Gasteiger partial charge in [-0.25, -0.2) is 4.98 Å². The summed E-state index contributed by atoms with van der Waals surface area (Å²) in [6.07, 6.45) is 3.64. The van der Waals surface area contributed by atoms with E-state index in [1.54, 1.807) is 17.5 Å². The molecule has 0 amide bonds. The predicted molar refractivity (Wildman–Crippen MR) is 76.3 cm³/mol. The molecule has 0 saturated heterocycles. The van der Waals surface area contributed by atoms with Gasteiger partial charge in [0.25, 0.3) is 0 Å². The summed E-state index contributed by atoms with van der Waals surface area (Å²) >= 11 is 5.31. The number of aromatic nitrogens is 2. The van der Waals surface area contributed by atoms with Gasteiger partial charge < -0.3 is 0 Å². The molecule has 0 spiro atoms. The molecule has 0 aliphatic heterocycles. The van der Waals surface area contributed by atoms with Gasteiger partial charge >= 0.3 is 0 Å². The molecule has 0 aliphatic rings. The zero-order chi connectivity index (χ0) is 12.4. The number of pyridine rings is 1. The van der Waals surface area contributed by atoms with Crippen molar-refractivity contribution in [1.82, 2.24) is 9.97 Å². The summed E-state index contributed by atoms with van der Waals surface area (Å²) in [6, 6.07) is 3.98. The summed E-state index contributed by atoms with van der Waals surface area (Å²) in [7, 11) is 0. The highest BCUT2D eigenvalue weighted by molar-refractivity contribution is 9.10. The Kier molecular flexibility index (Phi) is 3.94. The standard InChI is InChI=1S/C13H15BrN2S/c1-8(2)9(3)11-12(14)16-13(17-11)10-5-4-6-15-7-10/h4-9H,1-3H3. The molecule has 2 heterocycles. The molecule has 2 nitrogen and oxygen atoms in total. The van der Waals surface area contributed by atoms with Crippen LogP contribution in [-0.2, 0) is 0 Å². The lowest BCUT2D eigenvalue weighted by Gasteiger charge is -2.13. The summed E-state index contributed by atoms with van der Waals surface area (Å²) in [5.41, 5.74) is 1.08. The average molecular weight is 311 g/mol. The van der Waals surface area contributed by atoms with Gasteiger partial charge in [0.05, 0.1) is 0 Å². The molecule has 0 fully saturated rings. The van der Waals surface area contributed by atoms with Gasteiger partial charge in [0.15, 0.2) is 0 Å². The molecule has 0 aromatic carbocycles. The lowest BCUT2D eigenvalue weighted by Crippen LogP contribution is -2.00. The number of halogens is 1. The quantitative estimate of drug-likeness (QED) is 0.819. The Morgan fingerprint density at radius 2 is 2.06 bits per heavy atom. The molecule has 1 atom stereocenters. The fourth-order valence-electron chi connectivity index (χ4n) is 1.51. The second-order valence-electron chi connectivity index (χ2n) is 4.45. The first-order valence-corrected chi connectivity index (χ1v) is 7.27. The molecule has 0 radical (unpaired) electrons. The number of thiazole rings is 1. The zero-order valence-electron chi connectivity index (χ0n) is 10.1. The minimum atomic E-state index is 0.521. The van der Waals surface area contributed by atoms with Gasteiger partial charge in [-0.15, -0.1) is 11.3 Å². The summed E-state index contributed by atoms with van der Waals surface area (Å²) in [6.45, 7) is 6.72. The van der Waals surface area contributed by atoms with Gasteiger partial charge in [0, 0.05) is 22.8 Å². The van der Waals surface area contributed by atoms with E-state index in [9.17, 15) is 0 Å². The molecule has 2 rings (SSSR count). The first kappa shape index (κ1) is 12.7. The molecular weight excluding hydrogens is 296 g/mol. The molecule has 1 unspecified atom stereocenters. The molecule has 0 N–H and O–H groups in total. The number of rotatable bonds is 3. The van der Waals surface area contributed by atoms with Crippen LogP contribution in [0.25, 0.3) is 10.6 Å². The topological polar surface area (TPSA) is 25.8 Å². The van der Waals surface area contributed by atoms with Crippen LogP contribution in [0.2, 0.25) is 0 Å². The molecule has 17 heavy (non-hydrogen) atoms. The van der Waals surface area contributed by atoms with Crippen molar-refractivity contribution >= 4 is 27.3 Å². The van der Waals surface area contributed by atoms with Gasteiger partial charge in [-0.2, -0.15) is 0 Å². The minimum absolute atomic E-state index is 0.521. The molecule has 4 heteroatoms. The Balaban J connectivity index is 2.37. The predicted octanol–water partition coefficient (Wildman–Crippen LogP) is 4.73. The van der Waals surface area contributed by atoms with Gasteiger partial charge in [-0.1, -0.05) is 20.8 Å². The van der Waals surface area contributed by atoms with Crippen LogP contribution in [-0.4, -0.2) is 9.97 Å². The molecule has 0 saturated carbocycles. The number of hydrogen-bond acceptors (Lipinski definition) is 3. The maximum atomic E-state index is 4.58. The van der Waals surface area contributed by atoms with E-state index in [0.29, 0.717) is 11.8 Å². The average Bonchev–Trinajstić information content (AvgIpc) is 2.71. The highest BCUT2D eigenvalue weighted by Gasteiger charge is 2.18. The van der Waals surface area contributed by atoms with Crippen molar-refractivity contribution < 1.29 is 0 Å². The maximum absolute atomic E-state index is 4.58. The van der Waals surface area contributed by atoms with Gasteiger partial charge in [-0.3, -0.25) is 4.98 Å². The van der Waals surface area contributed by atoms with Crippen LogP contribution in [0.15, 0.2) is 29.1 Å². The van der Waals surface area contributed by atoms with Crippen LogP contribution < -0.4 is 0 Å². The zero-order valence-corrected chi connectivity index (χ0v) is 12.5. The normalized spacial score (nSPS) is 13.0. The lowest BCUT2D eigenvalue weighted by molar-refractivity contribution is 0.540. The largest absolute Gasteiger partial charge is 0.264 e. The highest BCUT2D eigenvalue weighted by Crippen LogP contribution is 2.38. The van der Waals surface area contributed by atoms with Gasteiger partial charge in [0.1, 0.15) is 9.61 Å². The molecule has 0 aliphatic carbocycles. The maximum Gasteiger partial charge on any atom is 0.126 e. The summed E-state index contributed by atoms with van der Waals surface area (Å²) in [5.74, 6) is 1.14. The van der Waals surface area contributed by atoms with Crippen LogP contribution >= 0.6 is 27.3 Å². The molecular formula is C13H15BrN2S. The monoisotopic (exact) mass is 310 g/mol. The smallest absolute Gasteiger partial charge is 0.126 e. The van der Waals surface area contributed by atoms with E-state index in [1.165, 1.54) is 4.88 Å². The first-order chi connectivity index (χ1) is 8.09. The Morgan fingerprint density at radius 1 is 1.29 bits per heavy atom. The highest BCUT2D eigenvalue weighted by atomic mass is 79.9. The molecule has 2 aromatic rings. The van der Waals surface area contributed by atoms with E-state index in [4.69, 9.17) is 0 Å². The molecule has 0 bridgehead atoms. The SMILES string of the molecule is CC(C)C(C)c1sc(-c2cccnc2)nc1Br. The first-order valence-electron chi connectivity index (χ1n) is 5.66. The van der Waals surface area contributed by atoms with E-state index < -0.39 is 0 Å². The summed E-state index contributed by atoms with van der Waals surface area (Å²) < 4.78 is 0.975. The third-order valence-corrected chi connectivity index (χ3v) is 5.10. The van der Waals surface area contributed by atoms with Crippen LogP contribution in [0.1, 0.15) is 31.6 Å². The summed E-state index contributed by atoms with van der Waals surface area (Å²) in [4.78, 5) is 10.0. The van der Waals surface area contributed by atoms with E-state index >= 15 is 0 Å². The van der Waals surface area contributed by atoms with E-state index in [-0.39, 0.29) is 0 Å². The van der Waals surface area contributed by atoms with Crippen molar-refractivity contribution in [2.75, 3.05) is 0 Å². The van der Waals surface area contributed by atoms with E-state index in [0.717, 1.165) is 15.2 Å². The Morgan fingerprint density at radius 3 is 2.65 bits per heavy atom. The number of nitrogens with zero attached hydrogens (tertiary/aromatic N) is 2. The Labute approximate surface area is 114 Å². The Hall–Kier alpha value is -0.740. The fourth-order valence-corrected chi connectivity index (χ4v) is 3.58. The summed E-state index contributed by atoms with van der Waals surface area (Å²) in [5, 5.41) is 1.03. The van der Waals surface area contributed by atoms with Crippen LogP contribution in [0.3, 0.4) is 0 Å². The lowest BCUT2D eigenvalue weighted by atomic mass is 9.97. The second kappa shape index (κ2) is 5.27. The van der Waals surface area contributed by atoms with Crippen LogP contribution in [0.5, 0.6) is 0 Å². The van der Waals surface area contributed by atoms with Crippen molar-refractivity contribution in [3.8, 4) is 10.6 Å².